The molecule has 0 fully saturated rings. The zero-order chi connectivity index (χ0) is 29.3. The van der Waals surface area contributed by atoms with Crippen LogP contribution in [-0.2, 0) is 9.53 Å². The number of quaternary nitrogens is 1. The van der Waals surface area contributed by atoms with Crippen LogP contribution in [0.4, 0.5) is 5.69 Å². The van der Waals surface area contributed by atoms with Crippen LogP contribution in [0.3, 0.4) is 0 Å². The minimum absolute atomic E-state index is 0. The van der Waals surface area contributed by atoms with Crippen molar-refractivity contribution < 1.29 is 34.4 Å². The normalized spacial score (nSPS) is 14.6. The van der Waals surface area contributed by atoms with E-state index in [0.29, 0.717) is 49.3 Å². The third-order valence-corrected chi connectivity index (χ3v) is 7.79. The largest absolute Gasteiger partial charge is 0.630 e. The van der Waals surface area contributed by atoms with Crippen molar-refractivity contribution in [1.29, 1.82) is 0 Å². The molecule has 1 atom stereocenters. The number of thiazole rings is 1. The van der Waals surface area contributed by atoms with E-state index >= 15 is 0 Å². The Kier molecular flexibility index (Phi) is 9.12. The number of aryl methyl sites for hydroxylation is 1. The highest BCUT2D eigenvalue weighted by Crippen LogP contribution is 2.38. The number of nitrogens with zero attached hydrogens (tertiary/aromatic N) is 2. The van der Waals surface area contributed by atoms with Crippen LogP contribution < -0.4 is 29.8 Å². The number of hydrogen-bond acceptors (Lipinski definition) is 9. The van der Waals surface area contributed by atoms with Crippen molar-refractivity contribution in [2.24, 2.45) is 4.99 Å². The van der Waals surface area contributed by atoms with E-state index in [4.69, 9.17) is 18.6 Å². The fraction of sp³-hybridized carbons (Fsp3) is 0.233. The standard InChI is InChI=1S/C30H29N3O7S.H2O/c1-6-39-29(35)26-17(3)31-30-33(27(26)22-14-19(37-4)9-11-23(22)38-5)28(34)25(41-30)15-20-10-12-24(40-20)21-13-18(32-36)8-7-16(21)2;/h7-15,27H,6,32H2,1-5H3;1H2/b25-15-;. The van der Waals surface area contributed by atoms with Crippen LogP contribution in [0.15, 0.2) is 74.0 Å². The molecule has 4 aromatic rings. The zero-order valence-electron chi connectivity index (χ0n) is 23.7. The van der Waals surface area contributed by atoms with Gasteiger partial charge in [0.1, 0.15) is 34.7 Å². The molecular formula is C30H31N3O8S. The van der Waals surface area contributed by atoms with Crippen LogP contribution in [0.1, 0.15) is 36.8 Å². The third kappa shape index (κ3) is 5.52. The molecule has 0 amide bonds. The fourth-order valence-electron chi connectivity index (χ4n) is 4.82. The summed E-state index contributed by atoms with van der Waals surface area (Å²) in [6.45, 7) is 5.54. The molecule has 2 aromatic heterocycles. The molecule has 0 bridgehead atoms. The molecule has 0 spiro atoms. The lowest BCUT2D eigenvalue weighted by atomic mass is 9.95. The molecule has 1 unspecified atom stereocenters. The fourth-order valence-corrected chi connectivity index (χ4v) is 5.85. The Morgan fingerprint density at radius 1 is 1.14 bits per heavy atom. The zero-order valence-corrected chi connectivity index (χ0v) is 24.5. The minimum Gasteiger partial charge on any atom is -0.630 e. The summed E-state index contributed by atoms with van der Waals surface area (Å²) >= 11 is 1.19. The van der Waals surface area contributed by atoms with E-state index in [-0.39, 0.29) is 23.2 Å². The van der Waals surface area contributed by atoms with Gasteiger partial charge >= 0.3 is 5.97 Å². The van der Waals surface area contributed by atoms with Crippen LogP contribution in [0.25, 0.3) is 17.4 Å². The predicted molar refractivity (Wildman–Crippen MR) is 157 cm³/mol. The maximum atomic E-state index is 14.0. The minimum atomic E-state index is -0.863. The smallest absolute Gasteiger partial charge is 0.338 e. The van der Waals surface area contributed by atoms with Crippen LogP contribution in [0.2, 0.25) is 0 Å². The first-order valence-electron chi connectivity index (χ1n) is 12.9. The molecule has 1 aliphatic rings. The monoisotopic (exact) mass is 593 g/mol. The van der Waals surface area contributed by atoms with Crippen LogP contribution in [0, 0.1) is 12.1 Å². The van der Waals surface area contributed by atoms with Gasteiger partial charge in [-0.3, -0.25) is 9.36 Å². The maximum Gasteiger partial charge on any atom is 0.338 e. The summed E-state index contributed by atoms with van der Waals surface area (Å²) < 4.78 is 24.4. The quantitative estimate of drug-likeness (QED) is 0.186. The number of hydrogen-bond donors (Lipinski definition) is 1. The van der Waals surface area contributed by atoms with Gasteiger partial charge in [-0.2, -0.15) is 0 Å². The molecule has 0 radical (unpaired) electrons. The van der Waals surface area contributed by atoms with Crippen LogP contribution in [0.5, 0.6) is 11.5 Å². The van der Waals surface area contributed by atoms with Gasteiger partial charge in [-0.15, -0.1) is 0 Å². The van der Waals surface area contributed by atoms with Crippen molar-refractivity contribution in [1.82, 2.24) is 4.57 Å². The average molecular weight is 594 g/mol. The Labute approximate surface area is 244 Å². The lowest BCUT2D eigenvalue weighted by molar-refractivity contribution is -0.497. The number of aromatic nitrogens is 1. The van der Waals surface area contributed by atoms with E-state index in [1.54, 1.807) is 69.5 Å². The molecule has 11 nitrogen and oxygen atoms in total. The van der Waals surface area contributed by atoms with Crippen molar-refractivity contribution in [3.05, 3.63) is 102 Å². The number of nitrogens with two attached hydrogens (primary N) is 1. The van der Waals surface area contributed by atoms with E-state index < -0.39 is 12.0 Å². The molecule has 4 N–H and O–H groups in total. The first kappa shape index (κ1) is 30.5. The lowest BCUT2D eigenvalue weighted by Crippen LogP contribution is -2.70. The van der Waals surface area contributed by atoms with E-state index in [1.807, 2.05) is 13.0 Å². The Bertz CT molecular complexity index is 1850. The van der Waals surface area contributed by atoms with Gasteiger partial charge in [0.2, 0.25) is 0 Å². The highest BCUT2D eigenvalue weighted by molar-refractivity contribution is 7.07. The summed E-state index contributed by atoms with van der Waals surface area (Å²) in [7, 11) is 3.06. The number of ether oxygens (including phenoxy) is 3. The third-order valence-electron chi connectivity index (χ3n) is 6.81. The maximum absolute atomic E-state index is 14.0. The highest BCUT2D eigenvalue weighted by Gasteiger charge is 2.35. The summed E-state index contributed by atoms with van der Waals surface area (Å²) in [6, 6.07) is 13.3. The summed E-state index contributed by atoms with van der Waals surface area (Å²) in [5.74, 6) is 1.48. The molecule has 42 heavy (non-hydrogen) atoms. The van der Waals surface area contributed by atoms with E-state index in [1.165, 1.54) is 23.0 Å². The van der Waals surface area contributed by atoms with Crippen LogP contribution in [-0.4, -0.2) is 36.8 Å². The molecule has 0 saturated heterocycles. The second-order valence-electron chi connectivity index (χ2n) is 9.30. The number of allylic oxidation sites excluding steroid dienone is 1. The number of fused-ring (bicyclic) bond motifs is 1. The number of methoxy groups -OCH3 is 2. The van der Waals surface area contributed by atoms with Gasteiger partial charge in [0.15, 0.2) is 4.80 Å². The molecular weight excluding hydrogens is 562 g/mol. The summed E-state index contributed by atoms with van der Waals surface area (Å²) in [4.78, 5) is 32.2. The molecule has 1 aliphatic heterocycles. The van der Waals surface area contributed by atoms with Gasteiger partial charge in [-0.25, -0.2) is 9.79 Å². The van der Waals surface area contributed by atoms with Crippen molar-refractivity contribution in [3.8, 4) is 22.8 Å². The van der Waals surface area contributed by atoms with Gasteiger partial charge in [0.25, 0.3) is 5.56 Å². The highest BCUT2D eigenvalue weighted by atomic mass is 32.1. The van der Waals surface area contributed by atoms with Crippen molar-refractivity contribution in [2.75, 3.05) is 20.8 Å². The SMILES string of the molecule is CCOC(=O)C1=C(C)N=c2s/c(=C\c3ccc(-c4cc([NH2+][O-])ccc4C)o3)c(=O)n2C1c1cc(OC)ccc1OC.O. The second kappa shape index (κ2) is 12.6. The van der Waals surface area contributed by atoms with E-state index in [0.717, 1.165) is 16.6 Å². The average Bonchev–Trinajstić information content (AvgIpc) is 3.56. The topological polar surface area (TPSA) is 163 Å². The number of rotatable bonds is 8. The van der Waals surface area contributed by atoms with Crippen molar-refractivity contribution in [2.45, 2.75) is 26.8 Å². The molecule has 220 valence electrons. The van der Waals surface area contributed by atoms with Crippen molar-refractivity contribution >= 4 is 29.1 Å². The first-order valence-corrected chi connectivity index (χ1v) is 13.7. The van der Waals surface area contributed by atoms with Gasteiger partial charge < -0.3 is 34.8 Å². The molecule has 3 heterocycles. The summed E-state index contributed by atoms with van der Waals surface area (Å²) in [5.41, 5.74) is 3.95. The Morgan fingerprint density at radius 2 is 1.93 bits per heavy atom. The van der Waals surface area contributed by atoms with Crippen molar-refractivity contribution in [3.63, 3.8) is 0 Å². The van der Waals surface area contributed by atoms with E-state index in [9.17, 15) is 14.8 Å². The molecule has 12 heteroatoms. The number of benzene rings is 2. The van der Waals surface area contributed by atoms with Gasteiger partial charge in [-0.1, -0.05) is 17.4 Å². The second-order valence-corrected chi connectivity index (χ2v) is 10.3. The Hall–Kier alpha value is -4.49. The number of furan rings is 1. The van der Waals surface area contributed by atoms with Gasteiger partial charge in [-0.05, 0) is 62.7 Å². The van der Waals surface area contributed by atoms with Gasteiger partial charge in [0, 0.05) is 23.3 Å². The first-order chi connectivity index (χ1) is 19.8. The molecule has 2 aromatic carbocycles. The lowest BCUT2D eigenvalue weighted by Gasteiger charge is -2.26. The number of carbonyl (C=O) groups excluding carboxylic acids is 1. The Balaban J connectivity index is 0.00000405. The predicted octanol–water partition coefficient (Wildman–Crippen LogP) is 2.25. The summed E-state index contributed by atoms with van der Waals surface area (Å²) in [6.07, 6.45) is 1.65. The molecule has 5 rings (SSSR count). The number of esters is 1. The summed E-state index contributed by atoms with van der Waals surface area (Å²) in [5, 5.41) is 11.3. The van der Waals surface area contributed by atoms with Crippen LogP contribution >= 0.6 is 11.3 Å². The number of carbonyl (C=O) groups is 1. The Morgan fingerprint density at radius 3 is 2.62 bits per heavy atom. The molecule has 0 saturated carbocycles. The van der Waals surface area contributed by atoms with E-state index in [2.05, 4.69) is 4.99 Å². The van der Waals surface area contributed by atoms with Gasteiger partial charge in [0.05, 0.1) is 36.6 Å². The molecule has 0 aliphatic carbocycles.